The molecule has 0 radical (unpaired) electrons. The van der Waals surface area contributed by atoms with Gasteiger partial charge < -0.3 is 10.1 Å². The summed E-state index contributed by atoms with van der Waals surface area (Å²) in [6, 6.07) is 20.0. The average Bonchev–Trinajstić information content (AvgIpc) is 2.74. The van der Waals surface area contributed by atoms with Gasteiger partial charge in [-0.15, -0.1) is 0 Å². The molecule has 1 atom stereocenters. The number of nitrogens with zero attached hydrogens (tertiary/aromatic N) is 1. The predicted molar refractivity (Wildman–Crippen MR) is 119 cm³/mol. The fraction of sp³-hybridized carbons (Fsp3) is 0.174. The van der Waals surface area contributed by atoms with E-state index in [1.54, 1.807) is 31.2 Å². The molecule has 0 aliphatic rings. The molecule has 0 aliphatic heterocycles. The molecule has 3 rings (SSSR count). The van der Waals surface area contributed by atoms with E-state index in [2.05, 4.69) is 5.32 Å². The number of nitrogens with one attached hydrogen (secondary N) is 1. The molecule has 0 heterocycles. The Kier molecular flexibility index (Phi) is 6.91. The Labute approximate surface area is 181 Å². The average molecular weight is 443 g/mol. The topological polar surface area (TPSA) is 75.7 Å². The van der Waals surface area contributed by atoms with Crippen LogP contribution in [0, 0.1) is 5.82 Å². The molecule has 3 aromatic rings. The first-order chi connectivity index (χ1) is 14.8. The fourth-order valence-corrected chi connectivity index (χ4v) is 4.32. The third kappa shape index (κ3) is 5.82. The highest BCUT2D eigenvalue weighted by atomic mass is 32.2. The highest BCUT2D eigenvalue weighted by Gasteiger charge is 2.31. The van der Waals surface area contributed by atoms with E-state index in [1.807, 2.05) is 30.3 Å². The lowest BCUT2D eigenvalue weighted by molar-refractivity contribution is -0.117. The smallest absolute Gasteiger partial charge is 0.248 e. The normalized spacial score (nSPS) is 12.1. The standard InChI is InChI=1S/C23H23FN2O4S/c1-3-22(26(31(2,28)29)19-13-9-17(24)10-14-19)23(27)25-18-11-15-21(16-12-18)30-20-7-5-4-6-8-20/h4-16,22H,3H2,1-2H3,(H,25,27). The van der Waals surface area contributed by atoms with Crippen LogP contribution in [-0.4, -0.2) is 26.6 Å². The van der Waals surface area contributed by atoms with E-state index in [0.29, 0.717) is 17.2 Å². The van der Waals surface area contributed by atoms with E-state index < -0.39 is 27.8 Å². The molecule has 0 saturated carbocycles. The molecule has 0 spiro atoms. The lowest BCUT2D eigenvalue weighted by atomic mass is 10.1. The van der Waals surface area contributed by atoms with Gasteiger partial charge in [0.15, 0.2) is 0 Å². The summed E-state index contributed by atoms with van der Waals surface area (Å²) in [6.07, 6.45) is 1.24. The minimum Gasteiger partial charge on any atom is -0.457 e. The maximum atomic E-state index is 13.3. The van der Waals surface area contributed by atoms with Gasteiger partial charge >= 0.3 is 0 Å². The molecule has 0 aromatic heterocycles. The molecule has 3 aromatic carbocycles. The highest BCUT2D eigenvalue weighted by Crippen LogP contribution is 2.25. The number of para-hydroxylation sites is 1. The van der Waals surface area contributed by atoms with Crippen molar-refractivity contribution >= 4 is 27.3 Å². The number of benzene rings is 3. The molecule has 0 fully saturated rings. The van der Waals surface area contributed by atoms with Gasteiger partial charge in [-0.2, -0.15) is 0 Å². The summed E-state index contributed by atoms with van der Waals surface area (Å²) in [5.41, 5.74) is 0.717. The number of amides is 1. The van der Waals surface area contributed by atoms with Crippen LogP contribution in [0.5, 0.6) is 11.5 Å². The Balaban J connectivity index is 1.77. The molecule has 1 amide bonds. The van der Waals surface area contributed by atoms with Crippen LogP contribution in [0.25, 0.3) is 0 Å². The maximum absolute atomic E-state index is 13.3. The van der Waals surface area contributed by atoms with Crippen molar-refractivity contribution in [2.45, 2.75) is 19.4 Å². The number of carbonyl (C=O) groups is 1. The van der Waals surface area contributed by atoms with E-state index in [0.717, 1.165) is 22.7 Å². The van der Waals surface area contributed by atoms with E-state index in [4.69, 9.17) is 4.74 Å². The van der Waals surface area contributed by atoms with Crippen LogP contribution in [-0.2, 0) is 14.8 Å². The van der Waals surface area contributed by atoms with Crippen molar-refractivity contribution < 1.29 is 22.3 Å². The minimum absolute atomic E-state index is 0.220. The van der Waals surface area contributed by atoms with Crippen molar-refractivity contribution in [2.75, 3.05) is 15.9 Å². The molecule has 1 N–H and O–H groups in total. The van der Waals surface area contributed by atoms with Crippen molar-refractivity contribution in [1.29, 1.82) is 0 Å². The number of ether oxygens (including phenoxy) is 1. The zero-order valence-electron chi connectivity index (χ0n) is 17.2. The van der Waals surface area contributed by atoms with Gasteiger partial charge in [-0.05, 0) is 67.1 Å². The van der Waals surface area contributed by atoms with Gasteiger partial charge in [-0.3, -0.25) is 9.10 Å². The fourth-order valence-electron chi connectivity index (χ4n) is 3.10. The second-order valence-electron chi connectivity index (χ2n) is 6.89. The molecule has 8 heteroatoms. The van der Waals surface area contributed by atoms with Gasteiger partial charge in [0.25, 0.3) is 0 Å². The number of carbonyl (C=O) groups excluding carboxylic acids is 1. The summed E-state index contributed by atoms with van der Waals surface area (Å²) in [5.74, 6) is 0.301. The number of rotatable bonds is 8. The number of sulfonamides is 1. The lowest BCUT2D eigenvalue weighted by Crippen LogP contribution is -2.47. The SMILES string of the molecule is CCC(C(=O)Nc1ccc(Oc2ccccc2)cc1)N(c1ccc(F)cc1)S(C)(=O)=O. The zero-order chi connectivity index (χ0) is 22.4. The molecule has 6 nitrogen and oxygen atoms in total. The second kappa shape index (κ2) is 9.61. The third-order valence-electron chi connectivity index (χ3n) is 4.51. The van der Waals surface area contributed by atoms with Crippen LogP contribution in [0.3, 0.4) is 0 Å². The first-order valence-electron chi connectivity index (χ1n) is 9.66. The molecule has 0 saturated heterocycles. The Bertz CT molecular complexity index is 1120. The van der Waals surface area contributed by atoms with Crippen molar-refractivity contribution in [3.8, 4) is 11.5 Å². The lowest BCUT2D eigenvalue weighted by Gasteiger charge is -2.30. The zero-order valence-corrected chi connectivity index (χ0v) is 18.0. The Morgan fingerprint density at radius 2 is 1.55 bits per heavy atom. The predicted octanol–water partition coefficient (Wildman–Crippen LogP) is 4.80. The van der Waals surface area contributed by atoms with Gasteiger partial charge in [0.2, 0.25) is 15.9 Å². The van der Waals surface area contributed by atoms with Gasteiger partial charge in [-0.1, -0.05) is 25.1 Å². The largest absolute Gasteiger partial charge is 0.457 e. The summed E-state index contributed by atoms with van der Waals surface area (Å²) < 4.78 is 44.9. The van der Waals surface area contributed by atoms with E-state index in [-0.39, 0.29) is 12.1 Å². The first-order valence-corrected chi connectivity index (χ1v) is 11.5. The Morgan fingerprint density at radius 1 is 0.968 bits per heavy atom. The number of hydrogen-bond acceptors (Lipinski definition) is 4. The Morgan fingerprint density at radius 3 is 2.10 bits per heavy atom. The van der Waals surface area contributed by atoms with E-state index in [9.17, 15) is 17.6 Å². The first kappa shape index (κ1) is 22.3. The molecule has 0 bridgehead atoms. The summed E-state index contributed by atoms with van der Waals surface area (Å²) in [4.78, 5) is 12.9. The van der Waals surface area contributed by atoms with Crippen molar-refractivity contribution in [2.24, 2.45) is 0 Å². The van der Waals surface area contributed by atoms with Gasteiger partial charge in [-0.25, -0.2) is 12.8 Å². The number of hydrogen-bond donors (Lipinski definition) is 1. The summed E-state index contributed by atoms with van der Waals surface area (Å²) in [5, 5.41) is 2.74. The van der Waals surface area contributed by atoms with Gasteiger partial charge in [0.05, 0.1) is 11.9 Å². The van der Waals surface area contributed by atoms with Crippen LogP contribution in [0.15, 0.2) is 78.9 Å². The molecule has 31 heavy (non-hydrogen) atoms. The monoisotopic (exact) mass is 442 g/mol. The van der Waals surface area contributed by atoms with Gasteiger partial charge in [0, 0.05) is 5.69 Å². The molecule has 1 unspecified atom stereocenters. The van der Waals surface area contributed by atoms with Crippen molar-refractivity contribution in [3.63, 3.8) is 0 Å². The summed E-state index contributed by atoms with van der Waals surface area (Å²) >= 11 is 0. The van der Waals surface area contributed by atoms with Gasteiger partial charge in [0.1, 0.15) is 23.4 Å². The molecule has 0 aliphatic carbocycles. The van der Waals surface area contributed by atoms with Crippen LogP contribution >= 0.6 is 0 Å². The summed E-state index contributed by atoms with van der Waals surface area (Å²) in [6.45, 7) is 1.71. The molecular formula is C23H23FN2O4S. The van der Waals surface area contributed by atoms with Crippen molar-refractivity contribution in [1.82, 2.24) is 0 Å². The van der Waals surface area contributed by atoms with Crippen LogP contribution in [0.4, 0.5) is 15.8 Å². The van der Waals surface area contributed by atoms with Crippen LogP contribution in [0.1, 0.15) is 13.3 Å². The third-order valence-corrected chi connectivity index (χ3v) is 5.69. The Hall–Kier alpha value is -3.39. The van der Waals surface area contributed by atoms with E-state index in [1.165, 1.54) is 12.1 Å². The quantitative estimate of drug-likeness (QED) is 0.544. The summed E-state index contributed by atoms with van der Waals surface area (Å²) in [7, 11) is -3.79. The minimum atomic E-state index is -3.79. The molecular weight excluding hydrogens is 419 g/mol. The van der Waals surface area contributed by atoms with Crippen LogP contribution < -0.4 is 14.4 Å². The second-order valence-corrected chi connectivity index (χ2v) is 8.75. The molecule has 162 valence electrons. The number of halogens is 1. The highest BCUT2D eigenvalue weighted by molar-refractivity contribution is 7.92. The van der Waals surface area contributed by atoms with Crippen LogP contribution in [0.2, 0.25) is 0 Å². The van der Waals surface area contributed by atoms with E-state index >= 15 is 0 Å². The van der Waals surface area contributed by atoms with Crippen molar-refractivity contribution in [3.05, 3.63) is 84.7 Å². The maximum Gasteiger partial charge on any atom is 0.248 e. The number of anilines is 2.